The highest BCUT2D eigenvalue weighted by atomic mass is 35.5. The van der Waals surface area contributed by atoms with Gasteiger partial charge >= 0.3 is 0 Å². The maximum Gasteiger partial charge on any atom is 0.256 e. The first-order chi connectivity index (χ1) is 16.3. The zero-order valence-electron chi connectivity index (χ0n) is 18.4. The highest BCUT2D eigenvalue weighted by Gasteiger charge is 2.26. The van der Waals surface area contributed by atoms with Crippen molar-refractivity contribution in [3.05, 3.63) is 64.8 Å². The van der Waals surface area contributed by atoms with Gasteiger partial charge in [-0.15, -0.1) is 0 Å². The van der Waals surface area contributed by atoms with E-state index in [1.165, 1.54) is 39.9 Å². The standard InChI is InChI=1S/C23H22ClN5O3S2/c1-15-14-20(29(27-15)23-26-21-18(24)6-5-7-19(21)33-23)25-22(30)16-8-10-17(11-9-16)34(31,32)28-12-3-2-4-13-28/h5-11,14H,2-4,12-13H2,1H3,(H,25,30). The number of carbonyl (C=O) groups is 1. The molecule has 2 aromatic carbocycles. The number of carbonyl (C=O) groups excluding carboxylic acids is 1. The number of anilines is 1. The van der Waals surface area contributed by atoms with Crippen molar-refractivity contribution in [1.29, 1.82) is 0 Å². The SMILES string of the molecule is Cc1cc(NC(=O)c2ccc(S(=O)(=O)N3CCCCC3)cc2)n(-c2nc3c(Cl)cccc3s2)n1. The monoisotopic (exact) mass is 515 g/mol. The molecule has 1 saturated heterocycles. The average Bonchev–Trinajstić information content (AvgIpc) is 3.43. The number of fused-ring (bicyclic) bond motifs is 1. The first-order valence-corrected chi connectivity index (χ1v) is 13.5. The fourth-order valence-electron chi connectivity index (χ4n) is 3.95. The van der Waals surface area contributed by atoms with Crippen molar-refractivity contribution in [1.82, 2.24) is 19.1 Å². The van der Waals surface area contributed by atoms with Gasteiger partial charge in [0.15, 0.2) is 0 Å². The molecule has 0 unspecified atom stereocenters. The summed E-state index contributed by atoms with van der Waals surface area (Å²) in [6.07, 6.45) is 2.78. The van der Waals surface area contributed by atoms with E-state index in [0.29, 0.717) is 45.8 Å². The number of sulfonamides is 1. The predicted octanol–water partition coefficient (Wildman–Crippen LogP) is 4.87. The van der Waals surface area contributed by atoms with Crippen LogP contribution in [-0.2, 0) is 10.0 Å². The van der Waals surface area contributed by atoms with Gasteiger partial charge in [0, 0.05) is 24.7 Å². The molecule has 4 aromatic rings. The largest absolute Gasteiger partial charge is 0.306 e. The molecule has 2 aromatic heterocycles. The molecule has 1 amide bonds. The molecule has 3 heterocycles. The number of aromatic nitrogens is 3. The number of rotatable bonds is 5. The molecule has 1 aliphatic rings. The third-order valence-corrected chi connectivity index (χ3v) is 8.90. The van der Waals surface area contributed by atoms with Gasteiger partial charge in [0.2, 0.25) is 15.2 Å². The minimum Gasteiger partial charge on any atom is -0.306 e. The van der Waals surface area contributed by atoms with Crippen molar-refractivity contribution in [3.8, 4) is 5.13 Å². The van der Waals surface area contributed by atoms with Crippen LogP contribution in [0.15, 0.2) is 53.4 Å². The fraction of sp³-hybridized carbons (Fsp3) is 0.261. The molecule has 11 heteroatoms. The summed E-state index contributed by atoms with van der Waals surface area (Å²) in [6.45, 7) is 2.89. The van der Waals surface area contributed by atoms with E-state index in [1.54, 1.807) is 16.8 Å². The Morgan fingerprint density at radius 2 is 1.82 bits per heavy atom. The second kappa shape index (κ2) is 9.10. The molecule has 34 heavy (non-hydrogen) atoms. The Kier molecular flexibility index (Phi) is 6.15. The number of hydrogen-bond donors (Lipinski definition) is 1. The van der Waals surface area contributed by atoms with Gasteiger partial charge in [0.25, 0.3) is 5.91 Å². The van der Waals surface area contributed by atoms with Gasteiger partial charge < -0.3 is 5.32 Å². The first kappa shape index (κ1) is 23.0. The van der Waals surface area contributed by atoms with Gasteiger partial charge in [-0.1, -0.05) is 35.4 Å². The number of hydrogen-bond acceptors (Lipinski definition) is 6. The lowest BCUT2D eigenvalue weighted by Gasteiger charge is -2.25. The highest BCUT2D eigenvalue weighted by molar-refractivity contribution is 7.89. The van der Waals surface area contributed by atoms with Gasteiger partial charge in [-0.25, -0.2) is 13.4 Å². The summed E-state index contributed by atoms with van der Waals surface area (Å²) in [4.78, 5) is 17.7. The van der Waals surface area contributed by atoms with Crippen LogP contribution in [0.4, 0.5) is 5.82 Å². The number of aryl methyl sites for hydroxylation is 1. The van der Waals surface area contributed by atoms with Crippen molar-refractivity contribution in [2.45, 2.75) is 31.1 Å². The molecule has 0 radical (unpaired) electrons. The molecule has 1 N–H and O–H groups in total. The molecule has 0 saturated carbocycles. The Morgan fingerprint density at radius 3 is 2.53 bits per heavy atom. The van der Waals surface area contributed by atoms with Crippen LogP contribution in [0.5, 0.6) is 0 Å². The third-order valence-electron chi connectivity index (χ3n) is 5.68. The summed E-state index contributed by atoms with van der Waals surface area (Å²) in [5, 5.41) is 8.46. The Balaban J connectivity index is 1.38. The number of nitrogens with zero attached hydrogens (tertiary/aromatic N) is 4. The van der Waals surface area contributed by atoms with Gasteiger partial charge in [-0.05, 0) is 56.2 Å². The lowest BCUT2D eigenvalue weighted by atomic mass is 10.2. The minimum atomic E-state index is -3.55. The lowest BCUT2D eigenvalue weighted by Crippen LogP contribution is -2.35. The maximum absolute atomic E-state index is 12.9. The van der Waals surface area contributed by atoms with E-state index in [-0.39, 0.29) is 10.8 Å². The highest BCUT2D eigenvalue weighted by Crippen LogP contribution is 2.31. The summed E-state index contributed by atoms with van der Waals surface area (Å²) in [7, 11) is -3.55. The zero-order chi connectivity index (χ0) is 23.9. The van der Waals surface area contributed by atoms with E-state index < -0.39 is 10.0 Å². The molecule has 1 fully saturated rings. The van der Waals surface area contributed by atoms with Crippen LogP contribution in [0.2, 0.25) is 5.02 Å². The van der Waals surface area contributed by atoms with E-state index in [4.69, 9.17) is 11.6 Å². The Hall–Kier alpha value is -2.79. The summed E-state index contributed by atoms with van der Waals surface area (Å²) >= 11 is 7.68. The third kappa shape index (κ3) is 4.34. The minimum absolute atomic E-state index is 0.193. The summed E-state index contributed by atoms with van der Waals surface area (Å²) < 4.78 is 29.7. The van der Waals surface area contributed by atoms with E-state index in [0.717, 1.165) is 24.0 Å². The Labute approximate surface area is 206 Å². The van der Waals surface area contributed by atoms with Crippen LogP contribution in [0, 0.1) is 6.92 Å². The van der Waals surface area contributed by atoms with Crippen molar-refractivity contribution in [2.24, 2.45) is 0 Å². The molecule has 8 nitrogen and oxygen atoms in total. The molecule has 176 valence electrons. The second-order valence-electron chi connectivity index (χ2n) is 8.11. The second-order valence-corrected chi connectivity index (χ2v) is 11.5. The van der Waals surface area contributed by atoms with Crippen molar-refractivity contribution in [3.63, 3.8) is 0 Å². The maximum atomic E-state index is 12.9. The molecular weight excluding hydrogens is 494 g/mol. The molecule has 0 aliphatic carbocycles. The van der Waals surface area contributed by atoms with Gasteiger partial charge in [0.05, 0.1) is 20.3 Å². The first-order valence-electron chi connectivity index (χ1n) is 10.9. The Morgan fingerprint density at radius 1 is 1.09 bits per heavy atom. The topological polar surface area (TPSA) is 97.2 Å². The predicted molar refractivity (Wildman–Crippen MR) is 133 cm³/mol. The van der Waals surface area contributed by atoms with E-state index in [2.05, 4.69) is 15.4 Å². The number of nitrogens with one attached hydrogen (secondary N) is 1. The van der Waals surface area contributed by atoms with E-state index >= 15 is 0 Å². The van der Waals surface area contributed by atoms with Gasteiger partial charge in [-0.3, -0.25) is 4.79 Å². The van der Waals surface area contributed by atoms with Gasteiger partial charge in [-0.2, -0.15) is 14.1 Å². The summed E-state index contributed by atoms with van der Waals surface area (Å²) in [6, 6.07) is 13.3. The van der Waals surface area contributed by atoms with Crippen LogP contribution < -0.4 is 5.32 Å². The number of halogens is 1. The number of thiazole rings is 1. The van der Waals surface area contributed by atoms with Crippen molar-refractivity contribution in [2.75, 3.05) is 18.4 Å². The number of amides is 1. The van der Waals surface area contributed by atoms with Crippen molar-refractivity contribution < 1.29 is 13.2 Å². The van der Waals surface area contributed by atoms with Crippen LogP contribution in [0.3, 0.4) is 0 Å². The molecule has 5 rings (SSSR count). The Bertz CT molecular complexity index is 1470. The number of para-hydroxylation sites is 1. The fourth-order valence-corrected chi connectivity index (χ4v) is 6.70. The number of piperidine rings is 1. The zero-order valence-corrected chi connectivity index (χ0v) is 20.8. The molecule has 0 atom stereocenters. The van der Waals surface area contributed by atoms with Gasteiger partial charge in [0.1, 0.15) is 11.3 Å². The smallest absolute Gasteiger partial charge is 0.256 e. The van der Waals surface area contributed by atoms with Crippen LogP contribution in [0.1, 0.15) is 35.3 Å². The van der Waals surface area contributed by atoms with Crippen LogP contribution in [0.25, 0.3) is 15.3 Å². The van der Waals surface area contributed by atoms with Crippen LogP contribution in [-0.4, -0.2) is 46.5 Å². The normalized spacial score (nSPS) is 15.0. The van der Waals surface area contributed by atoms with Crippen LogP contribution >= 0.6 is 22.9 Å². The molecule has 1 aliphatic heterocycles. The summed E-state index contributed by atoms with van der Waals surface area (Å²) in [5.41, 5.74) is 1.74. The molecular formula is C23H22ClN5O3S2. The number of benzene rings is 2. The summed E-state index contributed by atoms with van der Waals surface area (Å²) in [5.74, 6) is 0.0879. The molecule has 0 spiro atoms. The lowest BCUT2D eigenvalue weighted by molar-refractivity contribution is 0.102. The quantitative estimate of drug-likeness (QED) is 0.409. The van der Waals surface area contributed by atoms with E-state index in [9.17, 15) is 13.2 Å². The van der Waals surface area contributed by atoms with E-state index in [1.807, 2.05) is 19.1 Å². The molecule has 0 bridgehead atoms. The van der Waals surface area contributed by atoms with Crippen molar-refractivity contribution >= 4 is 54.9 Å². The average molecular weight is 516 g/mol.